The molecule has 0 unspecified atom stereocenters. The number of rotatable bonds is 7. The molecule has 7 heteroatoms. The molecule has 0 saturated heterocycles. The molecule has 0 fully saturated rings. The Balaban J connectivity index is 1.52. The van der Waals surface area contributed by atoms with Gasteiger partial charge in [0.2, 0.25) is 0 Å². The molecule has 1 heterocycles. The highest BCUT2D eigenvalue weighted by molar-refractivity contribution is 7.98. The first-order valence-electron chi connectivity index (χ1n) is 12.2. The number of fused-ring (bicyclic) bond motifs is 1. The first kappa shape index (κ1) is 25.8. The fourth-order valence-corrected chi connectivity index (χ4v) is 5.54. The Morgan fingerprint density at radius 1 is 0.895 bits per heavy atom. The zero-order chi connectivity index (χ0) is 26.6. The summed E-state index contributed by atoms with van der Waals surface area (Å²) in [5, 5.41) is 4.67. The molecule has 5 nitrogen and oxygen atoms in total. The van der Waals surface area contributed by atoms with Crippen molar-refractivity contribution in [3.05, 3.63) is 134 Å². The number of thioether (sulfide) groups is 1. The molecule has 4 aromatic carbocycles. The summed E-state index contributed by atoms with van der Waals surface area (Å²) in [6.45, 7) is 4.38. The highest BCUT2D eigenvalue weighted by Crippen LogP contribution is 2.25. The van der Waals surface area contributed by atoms with Gasteiger partial charge < -0.3 is 5.32 Å². The van der Waals surface area contributed by atoms with E-state index < -0.39 is 0 Å². The van der Waals surface area contributed by atoms with Crippen LogP contribution < -0.4 is 10.9 Å². The maximum absolute atomic E-state index is 13.7. The lowest BCUT2D eigenvalue weighted by Crippen LogP contribution is -2.24. The summed E-state index contributed by atoms with van der Waals surface area (Å²) in [6, 6.07) is 28.4. The predicted molar refractivity (Wildman–Crippen MR) is 156 cm³/mol. The molecule has 1 N–H and O–H groups in total. The predicted octanol–water partition coefficient (Wildman–Crippen LogP) is 7.26. The van der Waals surface area contributed by atoms with Crippen LogP contribution in [0.5, 0.6) is 0 Å². The first-order chi connectivity index (χ1) is 18.4. The molecule has 0 radical (unpaired) electrons. The molecule has 1 aromatic heterocycles. The van der Waals surface area contributed by atoms with Gasteiger partial charge in [-0.25, -0.2) is 4.98 Å². The molecule has 0 aliphatic carbocycles. The van der Waals surface area contributed by atoms with Crippen molar-refractivity contribution in [2.45, 2.75) is 31.3 Å². The lowest BCUT2D eigenvalue weighted by molar-refractivity contribution is 0.102. The Morgan fingerprint density at radius 2 is 1.63 bits per heavy atom. The SMILES string of the molecule is Cc1cc(C)cc(NC(=O)c2ccc3c(=O)n(Cc4ccccc4)c(SCc4cccc(Cl)c4)nc3c2)c1. The van der Waals surface area contributed by atoms with Gasteiger partial charge in [-0.05, 0) is 78.6 Å². The number of nitrogens with zero attached hydrogens (tertiary/aromatic N) is 2. The summed E-state index contributed by atoms with van der Waals surface area (Å²) >= 11 is 7.64. The molecule has 5 rings (SSSR count). The molecular weight excluding hydrogens is 514 g/mol. The van der Waals surface area contributed by atoms with Crippen molar-refractivity contribution in [1.82, 2.24) is 9.55 Å². The first-order valence-corrected chi connectivity index (χ1v) is 13.6. The van der Waals surface area contributed by atoms with E-state index in [0.717, 1.165) is 27.9 Å². The summed E-state index contributed by atoms with van der Waals surface area (Å²) in [5.74, 6) is 0.348. The van der Waals surface area contributed by atoms with Crippen LogP contribution in [0.1, 0.15) is 32.6 Å². The van der Waals surface area contributed by atoms with Gasteiger partial charge in [0.15, 0.2) is 5.16 Å². The van der Waals surface area contributed by atoms with Crippen LogP contribution in [0.25, 0.3) is 10.9 Å². The number of aromatic nitrogens is 2. The molecule has 0 aliphatic heterocycles. The topological polar surface area (TPSA) is 64.0 Å². The van der Waals surface area contributed by atoms with Crippen molar-refractivity contribution in [1.29, 1.82) is 0 Å². The van der Waals surface area contributed by atoms with E-state index in [1.807, 2.05) is 80.6 Å². The minimum absolute atomic E-state index is 0.145. The summed E-state index contributed by atoms with van der Waals surface area (Å²) in [4.78, 5) is 31.6. The van der Waals surface area contributed by atoms with Gasteiger partial charge in [0.05, 0.1) is 17.4 Å². The molecule has 5 aromatic rings. The molecule has 1 amide bonds. The highest BCUT2D eigenvalue weighted by Gasteiger charge is 2.15. The number of carbonyl (C=O) groups excluding carboxylic acids is 1. The number of hydrogen-bond donors (Lipinski definition) is 1. The molecule has 38 heavy (non-hydrogen) atoms. The number of hydrogen-bond acceptors (Lipinski definition) is 4. The average molecular weight is 540 g/mol. The van der Waals surface area contributed by atoms with E-state index >= 15 is 0 Å². The Morgan fingerprint density at radius 3 is 2.37 bits per heavy atom. The number of aryl methyl sites for hydroxylation is 2. The second kappa shape index (κ2) is 11.3. The molecule has 0 atom stereocenters. The summed E-state index contributed by atoms with van der Waals surface area (Å²) < 4.78 is 1.70. The van der Waals surface area contributed by atoms with Gasteiger partial charge in [0.1, 0.15) is 0 Å². The van der Waals surface area contributed by atoms with Crippen molar-refractivity contribution in [3.63, 3.8) is 0 Å². The number of carbonyl (C=O) groups is 1. The maximum Gasteiger partial charge on any atom is 0.262 e. The number of amides is 1. The van der Waals surface area contributed by atoms with Gasteiger partial charge >= 0.3 is 0 Å². The number of benzene rings is 4. The zero-order valence-corrected chi connectivity index (χ0v) is 22.6. The summed E-state index contributed by atoms with van der Waals surface area (Å²) in [5.41, 5.74) is 5.69. The van der Waals surface area contributed by atoms with Crippen molar-refractivity contribution < 1.29 is 4.79 Å². The van der Waals surface area contributed by atoms with Crippen LogP contribution >= 0.6 is 23.4 Å². The van der Waals surface area contributed by atoms with Crippen LogP contribution in [-0.4, -0.2) is 15.5 Å². The zero-order valence-electron chi connectivity index (χ0n) is 21.1. The minimum Gasteiger partial charge on any atom is -0.322 e. The lowest BCUT2D eigenvalue weighted by atomic mass is 10.1. The van der Waals surface area contributed by atoms with Crippen molar-refractivity contribution >= 4 is 45.9 Å². The van der Waals surface area contributed by atoms with E-state index in [0.29, 0.717) is 38.9 Å². The highest BCUT2D eigenvalue weighted by atomic mass is 35.5. The van der Waals surface area contributed by atoms with E-state index in [1.54, 1.807) is 22.8 Å². The fraction of sp³-hybridized carbons (Fsp3) is 0.129. The quantitative estimate of drug-likeness (QED) is 0.175. The third kappa shape index (κ3) is 5.98. The van der Waals surface area contributed by atoms with Gasteiger partial charge in [-0.1, -0.05) is 71.9 Å². The monoisotopic (exact) mass is 539 g/mol. The third-order valence-corrected chi connectivity index (χ3v) is 7.39. The Bertz CT molecular complexity index is 1680. The number of nitrogens with one attached hydrogen (secondary N) is 1. The third-order valence-electron chi connectivity index (χ3n) is 6.10. The smallest absolute Gasteiger partial charge is 0.262 e. The van der Waals surface area contributed by atoms with Crippen LogP contribution in [-0.2, 0) is 12.3 Å². The fourth-order valence-electron chi connectivity index (χ4n) is 4.38. The van der Waals surface area contributed by atoms with Crippen molar-refractivity contribution in [2.75, 3.05) is 5.32 Å². The molecule has 190 valence electrons. The van der Waals surface area contributed by atoms with E-state index in [-0.39, 0.29) is 11.5 Å². The maximum atomic E-state index is 13.7. The average Bonchev–Trinajstić information content (AvgIpc) is 2.89. The molecular formula is C31H26ClN3O2S. The van der Waals surface area contributed by atoms with Crippen LogP contribution in [0.15, 0.2) is 101 Å². The van der Waals surface area contributed by atoms with Gasteiger partial charge in [0.25, 0.3) is 11.5 Å². The number of halogens is 1. The Hall–Kier alpha value is -3.87. The molecule has 0 aliphatic rings. The van der Waals surface area contributed by atoms with Crippen LogP contribution in [0.4, 0.5) is 5.69 Å². The van der Waals surface area contributed by atoms with Crippen molar-refractivity contribution in [3.8, 4) is 0 Å². The second-order valence-electron chi connectivity index (χ2n) is 9.25. The van der Waals surface area contributed by atoms with Crippen LogP contribution in [0.3, 0.4) is 0 Å². The minimum atomic E-state index is -0.250. The normalized spacial score (nSPS) is 11.0. The van der Waals surface area contributed by atoms with Gasteiger partial charge in [0, 0.05) is 22.0 Å². The number of anilines is 1. The Kier molecular flexibility index (Phi) is 7.63. The van der Waals surface area contributed by atoms with Crippen molar-refractivity contribution in [2.24, 2.45) is 0 Å². The van der Waals surface area contributed by atoms with Gasteiger partial charge in [-0.15, -0.1) is 0 Å². The summed E-state index contributed by atoms with van der Waals surface area (Å²) in [6.07, 6.45) is 0. The summed E-state index contributed by atoms with van der Waals surface area (Å²) in [7, 11) is 0. The van der Waals surface area contributed by atoms with E-state index in [4.69, 9.17) is 16.6 Å². The van der Waals surface area contributed by atoms with Crippen LogP contribution in [0.2, 0.25) is 5.02 Å². The second-order valence-corrected chi connectivity index (χ2v) is 10.6. The Labute approximate surface area is 230 Å². The van der Waals surface area contributed by atoms with Crippen LogP contribution in [0, 0.1) is 13.8 Å². The standard InChI is InChI=1S/C31H26ClN3O2S/c1-20-13-21(2)15-26(14-20)33-29(36)24-11-12-27-28(17-24)34-31(38-19-23-9-6-10-25(32)16-23)35(30(27)37)18-22-7-4-3-5-8-22/h3-17H,18-19H2,1-2H3,(H,33,36). The van der Waals surface area contributed by atoms with Gasteiger partial charge in [-0.3, -0.25) is 14.2 Å². The van der Waals surface area contributed by atoms with E-state index in [9.17, 15) is 9.59 Å². The van der Waals surface area contributed by atoms with E-state index in [1.165, 1.54) is 11.8 Å². The largest absolute Gasteiger partial charge is 0.322 e. The lowest BCUT2D eigenvalue weighted by Gasteiger charge is -2.14. The van der Waals surface area contributed by atoms with E-state index in [2.05, 4.69) is 11.4 Å². The molecule has 0 spiro atoms. The van der Waals surface area contributed by atoms with Gasteiger partial charge in [-0.2, -0.15) is 0 Å². The molecule has 0 saturated carbocycles. The molecule has 0 bridgehead atoms.